The van der Waals surface area contributed by atoms with E-state index in [1.165, 1.54) is 0 Å². The molecule has 1 heterocycles. The highest BCUT2D eigenvalue weighted by Crippen LogP contribution is 2.11. The van der Waals surface area contributed by atoms with Crippen LogP contribution in [0, 0.1) is 6.92 Å². The van der Waals surface area contributed by atoms with Crippen molar-refractivity contribution in [2.24, 2.45) is 0 Å². The summed E-state index contributed by atoms with van der Waals surface area (Å²) >= 11 is 5.76. The zero-order valence-corrected chi connectivity index (χ0v) is 12.6. The summed E-state index contributed by atoms with van der Waals surface area (Å²) in [6.07, 6.45) is 2.30. The fourth-order valence-electron chi connectivity index (χ4n) is 1.79. The van der Waals surface area contributed by atoms with Crippen molar-refractivity contribution in [3.05, 3.63) is 52.6 Å². The zero-order valence-electron chi connectivity index (χ0n) is 11.1. The van der Waals surface area contributed by atoms with Gasteiger partial charge in [-0.25, -0.2) is 18.1 Å². The maximum atomic E-state index is 11.9. The van der Waals surface area contributed by atoms with E-state index in [1.807, 2.05) is 6.92 Å². The van der Waals surface area contributed by atoms with Crippen LogP contribution in [0.25, 0.3) is 0 Å². The van der Waals surface area contributed by atoms with Gasteiger partial charge in [-0.3, -0.25) is 0 Å². The fourth-order valence-corrected chi connectivity index (χ4v) is 3.06. The lowest BCUT2D eigenvalue weighted by Crippen LogP contribution is -2.27. The van der Waals surface area contributed by atoms with Gasteiger partial charge in [0, 0.05) is 29.9 Å². The zero-order chi connectivity index (χ0) is 14.6. The molecule has 0 aliphatic carbocycles. The van der Waals surface area contributed by atoms with Crippen molar-refractivity contribution < 1.29 is 8.42 Å². The van der Waals surface area contributed by atoms with E-state index >= 15 is 0 Å². The van der Waals surface area contributed by atoms with Crippen LogP contribution in [-0.2, 0) is 22.2 Å². The first kappa shape index (κ1) is 15.0. The van der Waals surface area contributed by atoms with Gasteiger partial charge in [-0.2, -0.15) is 0 Å². The summed E-state index contributed by atoms with van der Waals surface area (Å²) < 4.78 is 26.4. The van der Waals surface area contributed by atoms with Crippen LogP contribution in [0.1, 0.15) is 17.1 Å². The number of aromatic nitrogens is 2. The van der Waals surface area contributed by atoms with E-state index in [9.17, 15) is 8.42 Å². The van der Waals surface area contributed by atoms with Gasteiger partial charge in [0.15, 0.2) is 0 Å². The Balaban J connectivity index is 1.86. The van der Waals surface area contributed by atoms with E-state index in [4.69, 9.17) is 11.6 Å². The highest BCUT2D eigenvalue weighted by Gasteiger charge is 2.11. The number of hydrogen-bond donors (Lipinski definition) is 2. The molecule has 1 aromatic carbocycles. The lowest BCUT2D eigenvalue weighted by molar-refractivity contribution is 0.580. The van der Waals surface area contributed by atoms with Crippen molar-refractivity contribution in [1.29, 1.82) is 0 Å². The summed E-state index contributed by atoms with van der Waals surface area (Å²) in [6, 6.07) is 6.78. The highest BCUT2D eigenvalue weighted by molar-refractivity contribution is 7.88. The Labute approximate surface area is 123 Å². The van der Waals surface area contributed by atoms with E-state index in [1.54, 1.807) is 30.5 Å². The summed E-state index contributed by atoms with van der Waals surface area (Å²) in [5, 5.41) is 0.591. The first-order valence-electron chi connectivity index (χ1n) is 6.17. The third-order valence-corrected chi connectivity index (χ3v) is 4.35. The number of hydrogen-bond acceptors (Lipinski definition) is 3. The van der Waals surface area contributed by atoms with Crippen LogP contribution in [-0.4, -0.2) is 24.9 Å². The van der Waals surface area contributed by atoms with Gasteiger partial charge in [0.25, 0.3) is 0 Å². The van der Waals surface area contributed by atoms with Gasteiger partial charge >= 0.3 is 0 Å². The molecule has 0 unspecified atom stereocenters. The average molecular weight is 314 g/mol. The Morgan fingerprint density at radius 3 is 2.60 bits per heavy atom. The normalized spacial score (nSPS) is 11.7. The quantitative estimate of drug-likeness (QED) is 0.857. The van der Waals surface area contributed by atoms with Crippen molar-refractivity contribution in [2.75, 3.05) is 6.54 Å². The summed E-state index contributed by atoms with van der Waals surface area (Å²) in [7, 11) is -3.34. The molecule has 0 spiro atoms. The topological polar surface area (TPSA) is 74.8 Å². The smallest absolute Gasteiger partial charge is 0.215 e. The Morgan fingerprint density at radius 2 is 2.00 bits per heavy atom. The second kappa shape index (κ2) is 6.39. The van der Waals surface area contributed by atoms with Crippen LogP contribution in [0.3, 0.4) is 0 Å². The molecule has 0 saturated heterocycles. The predicted octanol–water partition coefficient (Wildman–Crippen LogP) is 2.03. The number of benzene rings is 1. The number of sulfonamides is 1. The molecule has 0 radical (unpaired) electrons. The fraction of sp³-hybridized carbons (Fsp3) is 0.308. The Kier molecular flexibility index (Phi) is 4.80. The number of rotatable bonds is 6. The third kappa shape index (κ3) is 4.63. The molecule has 1 aromatic heterocycles. The van der Waals surface area contributed by atoms with Crippen molar-refractivity contribution in [2.45, 2.75) is 19.1 Å². The molecular formula is C13H16ClN3O2S. The minimum absolute atomic E-state index is 0.0494. The van der Waals surface area contributed by atoms with Crippen LogP contribution in [0.2, 0.25) is 5.02 Å². The number of nitrogens with zero attached hydrogens (tertiary/aromatic N) is 1. The molecule has 0 amide bonds. The van der Waals surface area contributed by atoms with Crippen molar-refractivity contribution >= 4 is 21.6 Å². The van der Waals surface area contributed by atoms with E-state index in [2.05, 4.69) is 14.7 Å². The van der Waals surface area contributed by atoms with Crippen molar-refractivity contribution in [3.63, 3.8) is 0 Å². The van der Waals surface area contributed by atoms with E-state index in [0.717, 1.165) is 11.5 Å². The van der Waals surface area contributed by atoms with Gasteiger partial charge in [0.2, 0.25) is 10.0 Å². The second-order valence-corrected chi connectivity index (χ2v) is 6.77. The predicted molar refractivity (Wildman–Crippen MR) is 79.1 cm³/mol. The minimum Gasteiger partial charge on any atom is -0.346 e. The Hall–Kier alpha value is -1.37. The molecule has 0 aliphatic heterocycles. The van der Waals surface area contributed by atoms with Gasteiger partial charge in [-0.15, -0.1) is 0 Å². The van der Waals surface area contributed by atoms with Gasteiger partial charge in [-0.05, 0) is 24.6 Å². The third-order valence-electron chi connectivity index (χ3n) is 2.74. The van der Waals surface area contributed by atoms with Crippen LogP contribution in [0.15, 0.2) is 30.5 Å². The van der Waals surface area contributed by atoms with Gasteiger partial charge in [0.1, 0.15) is 5.82 Å². The van der Waals surface area contributed by atoms with Crippen molar-refractivity contribution in [1.82, 2.24) is 14.7 Å². The van der Waals surface area contributed by atoms with Gasteiger partial charge in [-0.1, -0.05) is 23.7 Å². The Bertz CT molecular complexity index is 665. The molecule has 0 fully saturated rings. The van der Waals surface area contributed by atoms with E-state index in [0.29, 0.717) is 23.6 Å². The summed E-state index contributed by atoms with van der Waals surface area (Å²) in [4.78, 5) is 7.12. The van der Waals surface area contributed by atoms with Crippen LogP contribution < -0.4 is 4.72 Å². The molecule has 108 valence electrons. The Morgan fingerprint density at radius 1 is 1.30 bits per heavy atom. The van der Waals surface area contributed by atoms with Crippen LogP contribution in [0.4, 0.5) is 0 Å². The SMILES string of the molecule is Cc1ncc(CCNS(=O)(=O)Cc2ccc(Cl)cc2)[nH]1. The first-order chi connectivity index (χ1) is 9.44. The molecular weight excluding hydrogens is 298 g/mol. The molecule has 2 aromatic rings. The maximum Gasteiger partial charge on any atom is 0.215 e. The highest BCUT2D eigenvalue weighted by atomic mass is 35.5. The summed E-state index contributed by atoms with van der Waals surface area (Å²) in [6.45, 7) is 2.20. The maximum absolute atomic E-state index is 11.9. The number of H-pyrrole nitrogens is 1. The number of aromatic amines is 1. The van der Waals surface area contributed by atoms with E-state index < -0.39 is 10.0 Å². The largest absolute Gasteiger partial charge is 0.346 e. The molecule has 2 rings (SSSR count). The standard InChI is InChI=1S/C13H16ClN3O2S/c1-10-15-8-13(17-10)6-7-16-20(18,19)9-11-2-4-12(14)5-3-11/h2-5,8,16H,6-7,9H2,1H3,(H,15,17). The molecule has 0 bridgehead atoms. The second-order valence-electron chi connectivity index (χ2n) is 4.52. The molecule has 2 N–H and O–H groups in total. The van der Waals surface area contributed by atoms with E-state index in [-0.39, 0.29) is 5.75 Å². The minimum atomic E-state index is -3.34. The number of halogens is 1. The number of imidazole rings is 1. The monoisotopic (exact) mass is 313 g/mol. The molecule has 0 saturated carbocycles. The van der Waals surface area contributed by atoms with Crippen molar-refractivity contribution in [3.8, 4) is 0 Å². The van der Waals surface area contributed by atoms with Crippen LogP contribution in [0.5, 0.6) is 0 Å². The average Bonchev–Trinajstić information content (AvgIpc) is 2.77. The molecule has 20 heavy (non-hydrogen) atoms. The number of nitrogens with one attached hydrogen (secondary N) is 2. The number of aryl methyl sites for hydroxylation is 1. The lowest BCUT2D eigenvalue weighted by atomic mass is 10.2. The lowest BCUT2D eigenvalue weighted by Gasteiger charge is -2.06. The summed E-state index contributed by atoms with van der Waals surface area (Å²) in [5.74, 6) is 0.774. The van der Waals surface area contributed by atoms with Crippen LogP contribution >= 0.6 is 11.6 Å². The van der Waals surface area contributed by atoms with Gasteiger partial charge in [0.05, 0.1) is 5.75 Å². The molecule has 7 heteroatoms. The molecule has 5 nitrogen and oxygen atoms in total. The molecule has 0 aliphatic rings. The summed E-state index contributed by atoms with van der Waals surface area (Å²) in [5.41, 5.74) is 1.62. The first-order valence-corrected chi connectivity index (χ1v) is 8.20. The molecule has 0 atom stereocenters. The van der Waals surface area contributed by atoms with Gasteiger partial charge < -0.3 is 4.98 Å².